The molecule has 0 amide bonds. The van der Waals surface area contributed by atoms with Crippen LogP contribution in [0, 0.1) is 11.8 Å². The van der Waals surface area contributed by atoms with E-state index in [-0.39, 0.29) is 30.7 Å². The van der Waals surface area contributed by atoms with Gasteiger partial charge in [-0.05, 0) is 11.8 Å². The van der Waals surface area contributed by atoms with Gasteiger partial charge in [-0.25, -0.2) is 12.7 Å². The van der Waals surface area contributed by atoms with Crippen molar-refractivity contribution in [3.8, 4) is 0 Å². The fourth-order valence-corrected chi connectivity index (χ4v) is 2.03. The standard InChI is InChI=1S/C8H19NO3S.Li/c1-7(2)5-9(6-8(3)4)13(10,11)12;/h7-8H,5-6H2,1-4H3,(H,10,11,12);/q;+1/p-1. The van der Waals surface area contributed by atoms with Crippen LogP contribution in [0.1, 0.15) is 27.7 Å². The molecule has 0 atom stereocenters. The Morgan fingerprint density at radius 1 is 1.07 bits per heavy atom. The topological polar surface area (TPSA) is 60.4 Å². The first kappa shape index (κ1) is 16.9. The summed E-state index contributed by atoms with van der Waals surface area (Å²) >= 11 is 0. The summed E-state index contributed by atoms with van der Waals surface area (Å²) in [5.74, 6) is 0.366. The Hall–Kier alpha value is 0.467. The molecule has 0 aliphatic heterocycles. The average Bonchev–Trinajstić information content (AvgIpc) is 1.81. The van der Waals surface area contributed by atoms with Crippen molar-refractivity contribution >= 4 is 10.3 Å². The zero-order valence-corrected chi connectivity index (χ0v) is 10.5. The third-order valence-corrected chi connectivity index (χ3v) is 2.38. The van der Waals surface area contributed by atoms with Gasteiger partial charge >= 0.3 is 18.9 Å². The molecule has 0 heterocycles. The Morgan fingerprint density at radius 3 is 1.50 bits per heavy atom. The Morgan fingerprint density at radius 2 is 1.36 bits per heavy atom. The van der Waals surface area contributed by atoms with Crippen LogP contribution in [-0.4, -0.2) is 30.4 Å². The van der Waals surface area contributed by atoms with E-state index in [4.69, 9.17) is 0 Å². The molecule has 0 rings (SSSR count). The van der Waals surface area contributed by atoms with E-state index in [1.807, 2.05) is 27.7 Å². The molecule has 0 unspecified atom stereocenters. The Balaban J connectivity index is 0. The van der Waals surface area contributed by atoms with E-state index in [0.29, 0.717) is 13.1 Å². The van der Waals surface area contributed by atoms with Gasteiger partial charge in [0.1, 0.15) is 0 Å². The Labute approximate surface area is 99.1 Å². The summed E-state index contributed by atoms with van der Waals surface area (Å²) in [7, 11) is -4.27. The van der Waals surface area contributed by atoms with Gasteiger partial charge in [0, 0.05) is 13.1 Å². The molecule has 0 saturated heterocycles. The first-order valence-electron chi connectivity index (χ1n) is 4.44. The number of rotatable bonds is 5. The third kappa shape index (κ3) is 7.83. The fourth-order valence-electron chi connectivity index (χ4n) is 1.07. The summed E-state index contributed by atoms with van der Waals surface area (Å²) in [6.07, 6.45) is 0. The maximum absolute atomic E-state index is 10.8. The Kier molecular flexibility index (Phi) is 8.27. The molecule has 0 aliphatic rings. The van der Waals surface area contributed by atoms with E-state index in [1.165, 1.54) is 0 Å². The van der Waals surface area contributed by atoms with Crippen molar-refractivity contribution in [2.45, 2.75) is 27.7 Å². The minimum atomic E-state index is -4.27. The summed E-state index contributed by atoms with van der Waals surface area (Å²) in [5, 5.41) is 0. The van der Waals surface area contributed by atoms with Crippen molar-refractivity contribution in [2.75, 3.05) is 13.1 Å². The molecule has 0 fully saturated rings. The maximum Gasteiger partial charge on any atom is 1.00 e. The zero-order chi connectivity index (χ0) is 10.6. The van der Waals surface area contributed by atoms with Crippen LogP contribution in [0.4, 0.5) is 0 Å². The molecule has 14 heavy (non-hydrogen) atoms. The molecule has 0 spiro atoms. The predicted molar refractivity (Wildman–Crippen MR) is 50.9 cm³/mol. The molecule has 0 aliphatic carbocycles. The van der Waals surface area contributed by atoms with Crippen LogP contribution in [0.25, 0.3) is 0 Å². The van der Waals surface area contributed by atoms with Gasteiger partial charge in [0.25, 0.3) is 0 Å². The van der Waals surface area contributed by atoms with Crippen molar-refractivity contribution in [3.63, 3.8) is 0 Å². The zero-order valence-electron chi connectivity index (χ0n) is 9.65. The first-order valence-corrected chi connectivity index (χ1v) is 5.81. The second-order valence-corrected chi connectivity index (χ2v) is 5.43. The smallest absolute Gasteiger partial charge is 0.735 e. The summed E-state index contributed by atoms with van der Waals surface area (Å²) in [6.45, 7) is 8.17. The minimum absolute atomic E-state index is 0. The maximum atomic E-state index is 10.8. The van der Waals surface area contributed by atoms with Gasteiger partial charge in [0.15, 0.2) is 10.3 Å². The van der Waals surface area contributed by atoms with Crippen molar-refractivity contribution in [3.05, 3.63) is 0 Å². The van der Waals surface area contributed by atoms with Crippen LogP contribution in [0.2, 0.25) is 0 Å². The molecule has 0 aromatic carbocycles. The van der Waals surface area contributed by atoms with Gasteiger partial charge in [-0.15, -0.1) is 0 Å². The first-order chi connectivity index (χ1) is 5.73. The molecule has 80 valence electrons. The molecule has 0 saturated carbocycles. The molecule has 6 heteroatoms. The van der Waals surface area contributed by atoms with Crippen molar-refractivity contribution in [2.24, 2.45) is 11.8 Å². The summed E-state index contributed by atoms with van der Waals surface area (Å²) < 4.78 is 33.3. The number of hydrogen-bond donors (Lipinski definition) is 0. The second-order valence-electron chi connectivity index (χ2n) is 4.06. The van der Waals surface area contributed by atoms with Crippen molar-refractivity contribution in [1.82, 2.24) is 4.31 Å². The monoisotopic (exact) mass is 215 g/mol. The summed E-state index contributed by atoms with van der Waals surface area (Å²) in [5.41, 5.74) is 0. The third-order valence-electron chi connectivity index (χ3n) is 1.45. The fraction of sp³-hybridized carbons (Fsp3) is 1.00. The molecule has 0 N–H and O–H groups in total. The second kappa shape index (κ2) is 6.86. The molecule has 0 aromatic heterocycles. The van der Waals surface area contributed by atoms with Crippen molar-refractivity contribution < 1.29 is 31.8 Å². The van der Waals surface area contributed by atoms with Gasteiger partial charge in [-0.3, -0.25) is 0 Å². The van der Waals surface area contributed by atoms with Gasteiger partial charge in [0.05, 0.1) is 0 Å². The van der Waals surface area contributed by atoms with E-state index < -0.39 is 10.3 Å². The van der Waals surface area contributed by atoms with E-state index >= 15 is 0 Å². The summed E-state index contributed by atoms with van der Waals surface area (Å²) in [4.78, 5) is 0. The molecule has 0 aromatic rings. The number of hydrogen-bond acceptors (Lipinski definition) is 3. The largest absolute Gasteiger partial charge is 1.00 e. The molecule has 0 radical (unpaired) electrons. The predicted octanol–water partition coefficient (Wildman–Crippen LogP) is -1.94. The molecule has 4 nitrogen and oxygen atoms in total. The van der Waals surface area contributed by atoms with Crippen molar-refractivity contribution in [1.29, 1.82) is 0 Å². The van der Waals surface area contributed by atoms with E-state index in [9.17, 15) is 13.0 Å². The average molecular weight is 215 g/mol. The van der Waals surface area contributed by atoms with E-state index in [1.54, 1.807) is 0 Å². The van der Waals surface area contributed by atoms with E-state index in [2.05, 4.69) is 0 Å². The minimum Gasteiger partial charge on any atom is -0.735 e. The molecular formula is C8H18LiNO3S. The van der Waals surface area contributed by atoms with Gasteiger partial charge < -0.3 is 4.55 Å². The quantitative estimate of drug-likeness (QED) is 0.396. The van der Waals surface area contributed by atoms with Gasteiger partial charge in [-0.1, -0.05) is 27.7 Å². The molecule has 0 bridgehead atoms. The number of nitrogens with zero attached hydrogens (tertiary/aromatic N) is 1. The van der Waals surface area contributed by atoms with Gasteiger partial charge in [-0.2, -0.15) is 0 Å². The summed E-state index contributed by atoms with van der Waals surface area (Å²) in [6, 6.07) is 0. The Bertz CT molecular complexity index is 229. The van der Waals surface area contributed by atoms with Crippen LogP contribution in [0.5, 0.6) is 0 Å². The SMILES string of the molecule is CC(C)CN(CC(C)C)S(=O)(=O)[O-].[Li+]. The van der Waals surface area contributed by atoms with Crippen LogP contribution in [-0.2, 0) is 10.3 Å². The van der Waals surface area contributed by atoms with Crippen LogP contribution in [0.3, 0.4) is 0 Å². The van der Waals surface area contributed by atoms with E-state index in [0.717, 1.165) is 4.31 Å². The van der Waals surface area contributed by atoms with Crippen LogP contribution >= 0.6 is 0 Å². The molecular weight excluding hydrogens is 197 g/mol. The normalized spacial score (nSPS) is 12.3. The van der Waals surface area contributed by atoms with Gasteiger partial charge in [0.2, 0.25) is 0 Å². The van der Waals surface area contributed by atoms with Crippen LogP contribution < -0.4 is 18.9 Å². The van der Waals surface area contributed by atoms with Crippen LogP contribution in [0.15, 0.2) is 0 Å².